The van der Waals surface area contributed by atoms with E-state index in [1.165, 1.54) is 0 Å². The van der Waals surface area contributed by atoms with Crippen LogP contribution in [0.4, 0.5) is 0 Å². The molecule has 0 fully saturated rings. The number of hydrogen-bond acceptors (Lipinski definition) is 4. The molecule has 0 radical (unpaired) electrons. The van der Waals surface area contributed by atoms with Gasteiger partial charge in [0.05, 0.1) is 23.2 Å². The molecule has 0 spiro atoms. The number of rotatable bonds is 4. The van der Waals surface area contributed by atoms with Gasteiger partial charge in [0.2, 0.25) is 0 Å². The molecule has 0 amide bonds. The molecule has 0 bridgehead atoms. The molecule has 4 heteroatoms. The van der Waals surface area contributed by atoms with E-state index in [2.05, 4.69) is 15.7 Å². The fourth-order valence-corrected chi connectivity index (χ4v) is 1.83. The fourth-order valence-electron chi connectivity index (χ4n) is 1.22. The van der Waals surface area contributed by atoms with E-state index in [4.69, 9.17) is 4.42 Å². The highest BCUT2D eigenvalue weighted by atomic mass is 32.1. The Morgan fingerprint density at radius 1 is 1.50 bits per heavy atom. The first-order chi connectivity index (χ1) is 6.84. The van der Waals surface area contributed by atoms with E-state index in [1.807, 2.05) is 13.0 Å². The predicted octanol–water partition coefficient (Wildman–Crippen LogP) is 2.33. The van der Waals surface area contributed by atoms with Crippen LogP contribution in [-0.4, -0.2) is 4.98 Å². The Labute approximate surface area is 86.8 Å². The van der Waals surface area contributed by atoms with Gasteiger partial charge in [-0.1, -0.05) is 0 Å². The maximum Gasteiger partial charge on any atom is 0.0947 e. The van der Waals surface area contributed by atoms with Crippen molar-refractivity contribution in [3.8, 4) is 0 Å². The summed E-state index contributed by atoms with van der Waals surface area (Å²) in [5, 5.41) is 6.50. The van der Waals surface area contributed by atoms with Gasteiger partial charge >= 0.3 is 0 Å². The number of furan rings is 1. The third-order valence-corrected chi connectivity index (χ3v) is 2.70. The lowest BCUT2D eigenvalue weighted by atomic mass is 10.3. The van der Waals surface area contributed by atoms with Crippen molar-refractivity contribution in [1.29, 1.82) is 0 Å². The molecule has 0 atom stereocenters. The lowest BCUT2D eigenvalue weighted by Crippen LogP contribution is -2.12. The zero-order chi connectivity index (χ0) is 9.80. The first-order valence-corrected chi connectivity index (χ1v) is 5.35. The van der Waals surface area contributed by atoms with E-state index < -0.39 is 0 Å². The number of aromatic nitrogens is 1. The van der Waals surface area contributed by atoms with Gasteiger partial charge in [-0.3, -0.25) is 0 Å². The Hall–Kier alpha value is -1.13. The van der Waals surface area contributed by atoms with Crippen LogP contribution >= 0.6 is 11.3 Å². The van der Waals surface area contributed by atoms with Gasteiger partial charge in [-0.05, 0) is 13.0 Å². The van der Waals surface area contributed by atoms with Gasteiger partial charge in [-0.15, -0.1) is 11.3 Å². The summed E-state index contributed by atoms with van der Waals surface area (Å²) in [7, 11) is 0. The van der Waals surface area contributed by atoms with E-state index in [-0.39, 0.29) is 0 Å². The molecular weight excluding hydrogens is 196 g/mol. The van der Waals surface area contributed by atoms with Crippen molar-refractivity contribution in [3.63, 3.8) is 0 Å². The molecule has 0 aliphatic heterocycles. The van der Waals surface area contributed by atoms with Gasteiger partial charge in [0.15, 0.2) is 0 Å². The lowest BCUT2D eigenvalue weighted by Gasteiger charge is -1.98. The molecule has 1 N–H and O–H groups in total. The number of hydrogen-bond donors (Lipinski definition) is 1. The van der Waals surface area contributed by atoms with Crippen molar-refractivity contribution >= 4 is 11.3 Å². The Morgan fingerprint density at radius 3 is 3.07 bits per heavy atom. The largest absolute Gasteiger partial charge is 0.472 e. The Bertz CT molecular complexity index is 380. The summed E-state index contributed by atoms with van der Waals surface area (Å²) in [4.78, 5) is 4.36. The topological polar surface area (TPSA) is 38.1 Å². The van der Waals surface area contributed by atoms with Crippen LogP contribution in [0.2, 0.25) is 0 Å². The van der Waals surface area contributed by atoms with Crippen molar-refractivity contribution in [2.45, 2.75) is 20.0 Å². The molecule has 3 nitrogen and oxygen atoms in total. The van der Waals surface area contributed by atoms with Crippen molar-refractivity contribution < 1.29 is 4.42 Å². The minimum Gasteiger partial charge on any atom is -0.472 e. The summed E-state index contributed by atoms with van der Waals surface area (Å²) < 4.78 is 4.97. The lowest BCUT2D eigenvalue weighted by molar-refractivity contribution is 0.560. The summed E-state index contributed by atoms with van der Waals surface area (Å²) >= 11 is 1.68. The molecule has 0 aliphatic carbocycles. The van der Waals surface area contributed by atoms with Crippen LogP contribution < -0.4 is 5.32 Å². The van der Waals surface area contributed by atoms with Crippen molar-refractivity contribution in [2.75, 3.05) is 0 Å². The second kappa shape index (κ2) is 4.39. The van der Waals surface area contributed by atoms with Crippen LogP contribution in [0.1, 0.15) is 16.3 Å². The van der Waals surface area contributed by atoms with Gasteiger partial charge < -0.3 is 9.73 Å². The molecule has 2 aromatic heterocycles. The van der Waals surface area contributed by atoms with Crippen molar-refractivity contribution in [3.05, 3.63) is 40.2 Å². The minimum absolute atomic E-state index is 0.815. The highest BCUT2D eigenvalue weighted by molar-refractivity contribution is 7.09. The van der Waals surface area contributed by atoms with Crippen LogP contribution in [-0.2, 0) is 13.1 Å². The summed E-state index contributed by atoms with van der Waals surface area (Å²) in [6, 6.07) is 1.96. The first kappa shape index (κ1) is 9.43. The molecule has 14 heavy (non-hydrogen) atoms. The van der Waals surface area contributed by atoms with E-state index in [0.29, 0.717) is 0 Å². The summed E-state index contributed by atoms with van der Waals surface area (Å²) in [6.07, 6.45) is 3.43. The van der Waals surface area contributed by atoms with E-state index >= 15 is 0 Å². The molecule has 2 rings (SSSR count). The van der Waals surface area contributed by atoms with Crippen LogP contribution in [0.5, 0.6) is 0 Å². The predicted molar refractivity (Wildman–Crippen MR) is 56.1 cm³/mol. The second-order valence-corrected chi connectivity index (χ2v) is 4.16. The van der Waals surface area contributed by atoms with Crippen molar-refractivity contribution in [2.24, 2.45) is 0 Å². The third kappa shape index (κ3) is 2.43. The molecule has 2 heterocycles. The van der Waals surface area contributed by atoms with Gasteiger partial charge in [0.1, 0.15) is 0 Å². The van der Waals surface area contributed by atoms with Crippen LogP contribution in [0.15, 0.2) is 28.4 Å². The minimum atomic E-state index is 0.815. The van der Waals surface area contributed by atoms with Crippen LogP contribution in [0.25, 0.3) is 0 Å². The maximum atomic E-state index is 4.97. The van der Waals surface area contributed by atoms with Gasteiger partial charge in [-0.25, -0.2) is 4.98 Å². The maximum absolute atomic E-state index is 4.97. The highest BCUT2D eigenvalue weighted by Crippen LogP contribution is 2.07. The molecule has 2 aromatic rings. The molecule has 0 saturated carbocycles. The summed E-state index contributed by atoms with van der Waals surface area (Å²) in [6.45, 7) is 3.66. The SMILES string of the molecule is Cc1nc(CNCc2ccoc2)cs1. The molecule has 0 aromatic carbocycles. The standard InChI is InChI=1S/C10H12N2OS/c1-8-12-10(7-14-8)5-11-4-9-2-3-13-6-9/h2-3,6-7,11H,4-5H2,1H3. The average molecular weight is 208 g/mol. The smallest absolute Gasteiger partial charge is 0.0947 e. The second-order valence-electron chi connectivity index (χ2n) is 3.09. The van der Waals surface area contributed by atoms with E-state index in [1.54, 1.807) is 23.9 Å². The number of nitrogens with one attached hydrogen (secondary N) is 1. The molecular formula is C10H12N2OS. The number of aryl methyl sites for hydroxylation is 1. The van der Waals surface area contributed by atoms with Gasteiger partial charge in [0.25, 0.3) is 0 Å². The fraction of sp³-hybridized carbons (Fsp3) is 0.300. The van der Waals surface area contributed by atoms with Gasteiger partial charge in [0, 0.05) is 24.0 Å². The van der Waals surface area contributed by atoms with Crippen LogP contribution in [0, 0.1) is 6.92 Å². The zero-order valence-electron chi connectivity index (χ0n) is 7.99. The van der Waals surface area contributed by atoms with Crippen LogP contribution in [0.3, 0.4) is 0 Å². The molecule has 74 valence electrons. The normalized spacial score (nSPS) is 10.6. The zero-order valence-corrected chi connectivity index (χ0v) is 8.80. The van der Waals surface area contributed by atoms with Crippen molar-refractivity contribution in [1.82, 2.24) is 10.3 Å². The average Bonchev–Trinajstić information content (AvgIpc) is 2.77. The molecule has 0 aliphatic rings. The first-order valence-electron chi connectivity index (χ1n) is 4.47. The Balaban J connectivity index is 1.78. The monoisotopic (exact) mass is 208 g/mol. The third-order valence-electron chi connectivity index (χ3n) is 1.88. The quantitative estimate of drug-likeness (QED) is 0.838. The molecule has 0 unspecified atom stereocenters. The number of nitrogens with zero attached hydrogens (tertiary/aromatic N) is 1. The Kier molecular flexibility index (Phi) is 2.96. The van der Waals surface area contributed by atoms with E-state index in [0.717, 1.165) is 29.4 Å². The molecule has 0 saturated heterocycles. The van der Waals surface area contributed by atoms with Gasteiger partial charge in [-0.2, -0.15) is 0 Å². The summed E-state index contributed by atoms with van der Waals surface area (Å²) in [5.74, 6) is 0. The summed E-state index contributed by atoms with van der Waals surface area (Å²) in [5.41, 5.74) is 2.27. The highest BCUT2D eigenvalue weighted by Gasteiger charge is 1.98. The Morgan fingerprint density at radius 2 is 2.43 bits per heavy atom. The van der Waals surface area contributed by atoms with E-state index in [9.17, 15) is 0 Å². The number of thiazole rings is 1.